The molecule has 0 aliphatic carbocycles. The van der Waals surface area contributed by atoms with Crippen LogP contribution in [0.15, 0.2) is 36.4 Å². The monoisotopic (exact) mass is 288 g/mol. The number of rotatable bonds is 4. The quantitative estimate of drug-likeness (QED) is 0.924. The number of nitrogens with one attached hydrogen (secondary N) is 1. The SMILES string of the molecule is COc1ccc(C(C)Nc2ccc(C#N)cc2F)cc1F. The molecule has 2 aromatic rings. The van der Waals surface area contributed by atoms with E-state index in [0.717, 1.165) is 6.07 Å². The standard InChI is InChI=1S/C16H14F2N2O/c1-10(12-4-6-16(21-2)14(18)8-12)20-15-5-3-11(9-19)7-13(15)17/h3-8,10,20H,1-2H3. The molecule has 0 saturated carbocycles. The maximum atomic E-state index is 13.8. The highest BCUT2D eigenvalue weighted by molar-refractivity contribution is 5.50. The summed E-state index contributed by atoms with van der Waals surface area (Å²) in [5.41, 5.74) is 1.18. The first-order chi connectivity index (χ1) is 10.0. The van der Waals surface area contributed by atoms with Gasteiger partial charge in [0.2, 0.25) is 0 Å². The van der Waals surface area contributed by atoms with Crippen molar-refractivity contribution in [2.75, 3.05) is 12.4 Å². The fourth-order valence-electron chi connectivity index (χ4n) is 1.97. The number of benzene rings is 2. The van der Waals surface area contributed by atoms with Crippen molar-refractivity contribution in [2.45, 2.75) is 13.0 Å². The van der Waals surface area contributed by atoms with Crippen LogP contribution in [-0.2, 0) is 0 Å². The molecule has 0 saturated heterocycles. The minimum atomic E-state index is -0.519. The topological polar surface area (TPSA) is 45.0 Å². The third kappa shape index (κ3) is 3.29. The molecule has 2 aromatic carbocycles. The summed E-state index contributed by atoms with van der Waals surface area (Å²) in [6.45, 7) is 1.79. The fraction of sp³-hybridized carbons (Fsp3) is 0.188. The van der Waals surface area contributed by atoms with Gasteiger partial charge in [0.15, 0.2) is 11.6 Å². The Labute approximate surface area is 121 Å². The van der Waals surface area contributed by atoms with E-state index >= 15 is 0 Å². The maximum Gasteiger partial charge on any atom is 0.165 e. The van der Waals surface area contributed by atoms with Crippen LogP contribution >= 0.6 is 0 Å². The van der Waals surface area contributed by atoms with Crippen molar-refractivity contribution in [2.24, 2.45) is 0 Å². The third-order valence-corrected chi connectivity index (χ3v) is 3.15. The molecule has 108 valence electrons. The molecule has 2 rings (SSSR count). The van der Waals surface area contributed by atoms with Gasteiger partial charge in [-0.15, -0.1) is 0 Å². The van der Waals surface area contributed by atoms with E-state index in [9.17, 15) is 8.78 Å². The normalized spacial score (nSPS) is 11.6. The lowest BCUT2D eigenvalue weighted by atomic mass is 10.1. The molecule has 1 unspecified atom stereocenters. The van der Waals surface area contributed by atoms with Crippen LogP contribution in [0.4, 0.5) is 14.5 Å². The number of hydrogen-bond donors (Lipinski definition) is 1. The maximum absolute atomic E-state index is 13.8. The molecule has 3 nitrogen and oxygen atoms in total. The summed E-state index contributed by atoms with van der Waals surface area (Å²) in [5.74, 6) is -0.825. The molecular weight excluding hydrogens is 274 g/mol. The molecule has 0 amide bonds. The molecule has 0 aromatic heterocycles. The Morgan fingerprint density at radius 2 is 1.90 bits per heavy atom. The van der Waals surface area contributed by atoms with E-state index in [0.29, 0.717) is 5.56 Å². The van der Waals surface area contributed by atoms with Gasteiger partial charge in [0.25, 0.3) is 0 Å². The Balaban J connectivity index is 2.20. The zero-order valence-electron chi connectivity index (χ0n) is 11.7. The van der Waals surface area contributed by atoms with Crippen LogP contribution in [0.1, 0.15) is 24.1 Å². The molecule has 0 heterocycles. The average molecular weight is 288 g/mol. The van der Waals surface area contributed by atoms with Crippen molar-refractivity contribution in [1.29, 1.82) is 5.26 Å². The Morgan fingerprint density at radius 1 is 1.14 bits per heavy atom. The Morgan fingerprint density at radius 3 is 2.48 bits per heavy atom. The van der Waals surface area contributed by atoms with Crippen LogP contribution < -0.4 is 10.1 Å². The molecule has 1 N–H and O–H groups in total. The molecular formula is C16H14F2N2O. The van der Waals surface area contributed by atoms with Gasteiger partial charge in [0, 0.05) is 6.04 Å². The fourth-order valence-corrected chi connectivity index (χ4v) is 1.97. The van der Waals surface area contributed by atoms with Crippen molar-refractivity contribution in [3.8, 4) is 11.8 Å². The van der Waals surface area contributed by atoms with E-state index in [2.05, 4.69) is 5.32 Å². The van der Waals surface area contributed by atoms with Crippen LogP contribution in [0.5, 0.6) is 5.75 Å². The second-order valence-corrected chi connectivity index (χ2v) is 4.57. The van der Waals surface area contributed by atoms with E-state index in [1.54, 1.807) is 13.0 Å². The summed E-state index contributed by atoms with van der Waals surface area (Å²) >= 11 is 0. The van der Waals surface area contributed by atoms with E-state index in [4.69, 9.17) is 10.00 Å². The largest absolute Gasteiger partial charge is 0.494 e. The third-order valence-electron chi connectivity index (χ3n) is 3.15. The predicted molar refractivity (Wildman–Crippen MR) is 76.1 cm³/mol. The summed E-state index contributed by atoms with van der Waals surface area (Å²) in [7, 11) is 1.39. The number of halogens is 2. The second kappa shape index (κ2) is 6.23. The van der Waals surface area contributed by atoms with Gasteiger partial charge in [-0.3, -0.25) is 0 Å². The zero-order chi connectivity index (χ0) is 15.4. The molecule has 21 heavy (non-hydrogen) atoms. The van der Waals surface area contributed by atoms with Gasteiger partial charge in [0.05, 0.1) is 24.4 Å². The highest BCUT2D eigenvalue weighted by atomic mass is 19.1. The Bertz CT molecular complexity index is 695. The zero-order valence-corrected chi connectivity index (χ0v) is 11.7. The van der Waals surface area contributed by atoms with Gasteiger partial charge in [-0.05, 0) is 42.8 Å². The van der Waals surface area contributed by atoms with Gasteiger partial charge in [-0.25, -0.2) is 8.78 Å². The molecule has 5 heteroatoms. The number of ether oxygens (including phenoxy) is 1. The smallest absolute Gasteiger partial charge is 0.165 e. The van der Waals surface area contributed by atoms with E-state index in [1.807, 2.05) is 6.07 Å². The van der Waals surface area contributed by atoms with Gasteiger partial charge in [-0.1, -0.05) is 6.07 Å². The van der Waals surface area contributed by atoms with E-state index in [-0.39, 0.29) is 23.0 Å². The van der Waals surface area contributed by atoms with Crippen LogP contribution in [-0.4, -0.2) is 7.11 Å². The molecule has 0 radical (unpaired) electrons. The van der Waals surface area contributed by atoms with Crippen LogP contribution in [0.25, 0.3) is 0 Å². The molecule has 0 spiro atoms. The van der Waals surface area contributed by atoms with Gasteiger partial charge in [-0.2, -0.15) is 5.26 Å². The lowest BCUT2D eigenvalue weighted by Gasteiger charge is -2.17. The van der Waals surface area contributed by atoms with Crippen molar-refractivity contribution in [3.05, 3.63) is 59.2 Å². The molecule has 0 aliphatic rings. The Kier molecular flexibility index (Phi) is 4.39. The first kappa shape index (κ1) is 14.8. The number of nitriles is 1. The summed E-state index contributed by atoms with van der Waals surface area (Å²) in [4.78, 5) is 0. The molecule has 0 fully saturated rings. The van der Waals surface area contributed by atoms with Crippen molar-refractivity contribution < 1.29 is 13.5 Å². The highest BCUT2D eigenvalue weighted by Crippen LogP contribution is 2.25. The minimum Gasteiger partial charge on any atom is -0.494 e. The van der Waals surface area contributed by atoms with Crippen molar-refractivity contribution in [1.82, 2.24) is 0 Å². The van der Waals surface area contributed by atoms with Gasteiger partial charge in [0.1, 0.15) is 5.82 Å². The van der Waals surface area contributed by atoms with Crippen LogP contribution in [0.2, 0.25) is 0 Å². The first-order valence-electron chi connectivity index (χ1n) is 6.34. The molecule has 0 aliphatic heterocycles. The number of hydrogen-bond acceptors (Lipinski definition) is 3. The second-order valence-electron chi connectivity index (χ2n) is 4.57. The summed E-state index contributed by atoms with van der Waals surface area (Å²) in [6.07, 6.45) is 0. The lowest BCUT2D eigenvalue weighted by molar-refractivity contribution is 0.386. The summed E-state index contributed by atoms with van der Waals surface area (Å²) in [6, 6.07) is 10.3. The summed E-state index contributed by atoms with van der Waals surface area (Å²) < 4.78 is 32.3. The van der Waals surface area contributed by atoms with E-state index < -0.39 is 11.6 Å². The van der Waals surface area contributed by atoms with Crippen LogP contribution in [0.3, 0.4) is 0 Å². The minimum absolute atomic E-state index is 0.163. The van der Waals surface area contributed by atoms with Gasteiger partial charge >= 0.3 is 0 Å². The number of anilines is 1. The van der Waals surface area contributed by atoms with Crippen molar-refractivity contribution >= 4 is 5.69 Å². The number of methoxy groups -OCH3 is 1. The summed E-state index contributed by atoms with van der Waals surface area (Å²) in [5, 5.41) is 11.7. The molecule has 0 bridgehead atoms. The van der Waals surface area contributed by atoms with E-state index in [1.165, 1.54) is 31.4 Å². The number of nitrogens with zero attached hydrogens (tertiary/aromatic N) is 1. The highest BCUT2D eigenvalue weighted by Gasteiger charge is 2.12. The van der Waals surface area contributed by atoms with Crippen LogP contribution in [0, 0.1) is 23.0 Å². The van der Waals surface area contributed by atoms with Crippen molar-refractivity contribution in [3.63, 3.8) is 0 Å². The molecule has 1 atom stereocenters. The van der Waals surface area contributed by atoms with Gasteiger partial charge < -0.3 is 10.1 Å². The predicted octanol–water partition coefficient (Wildman–Crippen LogP) is 4.02. The first-order valence-corrected chi connectivity index (χ1v) is 6.34. The Hall–Kier alpha value is -2.61. The lowest BCUT2D eigenvalue weighted by Crippen LogP contribution is -2.08. The average Bonchev–Trinajstić information content (AvgIpc) is 2.49.